The highest BCUT2D eigenvalue weighted by Gasteiger charge is 2.32. The van der Waals surface area contributed by atoms with Gasteiger partial charge in [-0.25, -0.2) is 13.8 Å². The molecule has 0 aliphatic heterocycles. The minimum absolute atomic E-state index is 0.00109. The monoisotopic (exact) mass is 436 g/mol. The summed E-state index contributed by atoms with van der Waals surface area (Å²) in [4.78, 5) is 11.3. The lowest BCUT2D eigenvalue weighted by Crippen LogP contribution is -2.07. The number of aromatic amines is 1. The van der Waals surface area contributed by atoms with Crippen molar-refractivity contribution in [2.45, 2.75) is 16.8 Å². The third kappa shape index (κ3) is 4.54. The zero-order chi connectivity index (χ0) is 21.3. The van der Waals surface area contributed by atoms with Crippen molar-refractivity contribution >= 4 is 34.2 Å². The summed E-state index contributed by atoms with van der Waals surface area (Å²) in [7, 11) is 0. The van der Waals surface area contributed by atoms with Crippen molar-refractivity contribution in [3.05, 3.63) is 77.9 Å². The Morgan fingerprint density at radius 3 is 2.63 bits per heavy atom. The van der Waals surface area contributed by atoms with Gasteiger partial charge in [0, 0.05) is 22.8 Å². The number of halogens is 5. The maximum absolute atomic E-state index is 13.8. The molecule has 154 valence electrons. The molecule has 0 unspecified atom stereocenters. The fourth-order valence-corrected chi connectivity index (χ4v) is 3.55. The third-order valence-corrected chi connectivity index (χ3v) is 5.14. The van der Waals surface area contributed by atoms with Gasteiger partial charge in [-0.15, -0.1) is 11.8 Å². The summed E-state index contributed by atoms with van der Waals surface area (Å²) >= 11 is 1.19. The lowest BCUT2D eigenvalue weighted by Gasteiger charge is -2.07. The van der Waals surface area contributed by atoms with Crippen molar-refractivity contribution in [3.63, 3.8) is 0 Å². The van der Waals surface area contributed by atoms with E-state index in [4.69, 9.17) is 0 Å². The number of H-pyrrole nitrogens is 1. The van der Waals surface area contributed by atoms with Crippen molar-refractivity contribution in [2.24, 2.45) is 0 Å². The molecular formula is C20H13F5N4S. The number of imidazole rings is 1. The van der Waals surface area contributed by atoms with Crippen molar-refractivity contribution in [1.29, 1.82) is 0 Å². The summed E-state index contributed by atoms with van der Waals surface area (Å²) in [5, 5.41) is 2.81. The molecule has 2 aromatic carbocycles. The van der Waals surface area contributed by atoms with E-state index < -0.39 is 23.5 Å². The standard InChI is InChI=1S/C20H13F5N4S/c21-11-1-3-14(22)16(7-11)27-12-2-4-15-17(8-12)29-19(28-15)10-30-13-5-6-26-18(9-13)20(23,24)25/h1-9,27H,10H2,(H,28,29). The van der Waals surface area contributed by atoms with Crippen LogP contribution < -0.4 is 5.32 Å². The average Bonchev–Trinajstić information content (AvgIpc) is 3.11. The summed E-state index contributed by atoms with van der Waals surface area (Å²) in [6.07, 6.45) is -3.38. The van der Waals surface area contributed by atoms with Gasteiger partial charge >= 0.3 is 6.18 Å². The van der Waals surface area contributed by atoms with Gasteiger partial charge in [0.25, 0.3) is 0 Å². The van der Waals surface area contributed by atoms with Crippen molar-refractivity contribution in [2.75, 3.05) is 5.32 Å². The van der Waals surface area contributed by atoms with Gasteiger partial charge in [-0.05, 0) is 42.5 Å². The van der Waals surface area contributed by atoms with Crippen LogP contribution in [0.1, 0.15) is 11.5 Å². The smallest absolute Gasteiger partial charge is 0.353 e. The molecule has 0 fully saturated rings. The van der Waals surface area contributed by atoms with Gasteiger partial charge in [-0.3, -0.25) is 4.98 Å². The van der Waals surface area contributed by atoms with Gasteiger partial charge in [-0.2, -0.15) is 13.2 Å². The van der Waals surface area contributed by atoms with E-state index in [-0.39, 0.29) is 5.69 Å². The van der Waals surface area contributed by atoms with E-state index in [2.05, 4.69) is 20.3 Å². The summed E-state index contributed by atoms with van der Waals surface area (Å²) < 4.78 is 65.5. The predicted molar refractivity (Wildman–Crippen MR) is 105 cm³/mol. The number of hydrogen-bond acceptors (Lipinski definition) is 4. The fraction of sp³-hybridized carbons (Fsp3) is 0.100. The lowest BCUT2D eigenvalue weighted by atomic mass is 10.2. The van der Waals surface area contributed by atoms with Crippen molar-refractivity contribution in [1.82, 2.24) is 15.0 Å². The van der Waals surface area contributed by atoms with Crippen LogP contribution in [0.25, 0.3) is 11.0 Å². The number of anilines is 2. The van der Waals surface area contributed by atoms with Crippen LogP contribution >= 0.6 is 11.8 Å². The van der Waals surface area contributed by atoms with Crippen LogP contribution in [-0.4, -0.2) is 15.0 Å². The molecule has 0 aliphatic carbocycles. The Labute approximate surface area is 171 Å². The lowest BCUT2D eigenvalue weighted by molar-refractivity contribution is -0.141. The summed E-state index contributed by atoms with van der Waals surface area (Å²) in [6, 6.07) is 10.7. The molecule has 4 nitrogen and oxygen atoms in total. The molecule has 0 bridgehead atoms. The van der Waals surface area contributed by atoms with E-state index in [9.17, 15) is 22.0 Å². The van der Waals surface area contributed by atoms with E-state index in [1.807, 2.05) is 0 Å². The van der Waals surface area contributed by atoms with Crippen LogP contribution in [0.4, 0.5) is 33.3 Å². The Balaban J connectivity index is 1.50. The molecule has 2 aromatic heterocycles. The van der Waals surface area contributed by atoms with Crippen molar-refractivity contribution in [3.8, 4) is 0 Å². The Hall–Kier alpha value is -3.14. The van der Waals surface area contributed by atoms with E-state index in [0.717, 1.165) is 30.5 Å². The molecule has 0 radical (unpaired) electrons. The van der Waals surface area contributed by atoms with E-state index in [1.54, 1.807) is 18.2 Å². The minimum atomic E-state index is -4.50. The van der Waals surface area contributed by atoms with Crippen molar-refractivity contribution < 1.29 is 22.0 Å². The fourth-order valence-electron chi connectivity index (χ4n) is 2.76. The Morgan fingerprint density at radius 2 is 1.83 bits per heavy atom. The number of rotatable bonds is 5. The highest BCUT2D eigenvalue weighted by Crippen LogP contribution is 2.31. The SMILES string of the molecule is Fc1ccc(F)c(Nc2ccc3[nH]c(CSc4ccnc(C(F)(F)F)c4)nc3c2)c1. The van der Waals surface area contributed by atoms with Crippen LogP contribution in [0.2, 0.25) is 0 Å². The van der Waals surface area contributed by atoms with E-state index in [0.29, 0.717) is 33.2 Å². The molecule has 30 heavy (non-hydrogen) atoms. The number of benzene rings is 2. The predicted octanol–water partition coefficient (Wildman–Crippen LogP) is 6.29. The van der Waals surface area contributed by atoms with Gasteiger partial charge in [0.05, 0.1) is 22.5 Å². The molecule has 10 heteroatoms. The number of aromatic nitrogens is 3. The van der Waals surface area contributed by atoms with E-state index >= 15 is 0 Å². The Bertz CT molecular complexity index is 1210. The van der Waals surface area contributed by atoms with Gasteiger partial charge in [-0.1, -0.05) is 0 Å². The molecule has 0 amide bonds. The third-order valence-electron chi connectivity index (χ3n) is 4.14. The molecule has 0 saturated heterocycles. The average molecular weight is 436 g/mol. The number of nitrogens with zero attached hydrogens (tertiary/aromatic N) is 2. The largest absolute Gasteiger partial charge is 0.433 e. The second kappa shape index (κ2) is 7.94. The first-order chi connectivity index (χ1) is 14.3. The van der Waals surface area contributed by atoms with Crippen LogP contribution in [0.5, 0.6) is 0 Å². The number of alkyl halides is 3. The van der Waals surface area contributed by atoms with Gasteiger partial charge in [0.2, 0.25) is 0 Å². The topological polar surface area (TPSA) is 53.6 Å². The van der Waals surface area contributed by atoms with Gasteiger partial charge < -0.3 is 10.3 Å². The number of hydrogen-bond donors (Lipinski definition) is 2. The Morgan fingerprint density at radius 1 is 1.00 bits per heavy atom. The normalized spacial score (nSPS) is 11.8. The maximum Gasteiger partial charge on any atom is 0.433 e. The first-order valence-electron chi connectivity index (χ1n) is 8.65. The Kier molecular flexibility index (Phi) is 5.33. The molecule has 0 spiro atoms. The molecule has 0 saturated carbocycles. The first kappa shape index (κ1) is 20.1. The zero-order valence-electron chi connectivity index (χ0n) is 15.1. The molecule has 2 N–H and O–H groups in total. The maximum atomic E-state index is 13.8. The molecule has 4 aromatic rings. The molecule has 2 heterocycles. The van der Waals surface area contributed by atoms with Gasteiger partial charge in [0.1, 0.15) is 23.2 Å². The summed E-state index contributed by atoms with van der Waals surface area (Å²) in [6.45, 7) is 0. The number of fused-ring (bicyclic) bond motifs is 1. The quantitative estimate of drug-likeness (QED) is 0.285. The van der Waals surface area contributed by atoms with Crippen LogP contribution in [-0.2, 0) is 11.9 Å². The molecule has 0 aliphatic rings. The van der Waals surface area contributed by atoms with Gasteiger partial charge in [0.15, 0.2) is 0 Å². The second-order valence-electron chi connectivity index (χ2n) is 6.33. The number of nitrogens with one attached hydrogen (secondary N) is 2. The number of thioether (sulfide) groups is 1. The molecular weight excluding hydrogens is 423 g/mol. The molecule has 0 atom stereocenters. The van der Waals surface area contributed by atoms with Crippen LogP contribution in [0, 0.1) is 11.6 Å². The second-order valence-corrected chi connectivity index (χ2v) is 7.38. The first-order valence-corrected chi connectivity index (χ1v) is 9.63. The van der Waals surface area contributed by atoms with E-state index in [1.165, 1.54) is 17.8 Å². The van der Waals surface area contributed by atoms with Crippen LogP contribution in [0.15, 0.2) is 59.6 Å². The minimum Gasteiger partial charge on any atom is -0.353 e. The highest BCUT2D eigenvalue weighted by molar-refractivity contribution is 7.98. The summed E-state index contributed by atoms with van der Waals surface area (Å²) in [5.74, 6) is -0.276. The number of pyridine rings is 1. The zero-order valence-corrected chi connectivity index (χ0v) is 15.9. The molecule has 4 rings (SSSR count). The summed E-state index contributed by atoms with van der Waals surface area (Å²) in [5.41, 5.74) is 0.859. The highest BCUT2D eigenvalue weighted by atomic mass is 32.2. The van der Waals surface area contributed by atoms with Crippen LogP contribution in [0.3, 0.4) is 0 Å².